The van der Waals surface area contributed by atoms with Crippen molar-refractivity contribution in [1.82, 2.24) is 10.2 Å². The number of nitrogens with zero attached hydrogens (tertiary/aromatic N) is 3. The molecule has 1 amide bonds. The predicted molar refractivity (Wildman–Crippen MR) is 90.6 cm³/mol. The Bertz CT molecular complexity index is 747. The Hall–Kier alpha value is -2.33. The molecule has 7 heteroatoms. The average molecular weight is 342 g/mol. The molecule has 0 unspecified atom stereocenters. The largest absolute Gasteiger partial charge is 0.416 e. The highest BCUT2D eigenvalue weighted by molar-refractivity contribution is 7.99. The minimum absolute atomic E-state index is 0.174. The van der Waals surface area contributed by atoms with Crippen molar-refractivity contribution >= 4 is 23.4 Å². The van der Waals surface area contributed by atoms with E-state index in [-0.39, 0.29) is 11.7 Å². The fourth-order valence-electron chi connectivity index (χ4n) is 2.78. The third-order valence-corrected chi connectivity index (χ3v) is 4.80. The minimum Gasteiger partial charge on any atom is -0.416 e. The lowest BCUT2D eigenvalue weighted by Crippen LogP contribution is -2.14. The van der Waals surface area contributed by atoms with Crippen LogP contribution in [0.1, 0.15) is 49.5 Å². The third kappa shape index (κ3) is 4.36. The predicted octanol–water partition coefficient (Wildman–Crippen LogP) is 3.72. The van der Waals surface area contributed by atoms with Crippen molar-refractivity contribution in [2.24, 2.45) is 0 Å². The van der Waals surface area contributed by atoms with Gasteiger partial charge in [-0.15, -0.1) is 10.2 Å². The molecular weight excluding hydrogens is 324 g/mol. The highest BCUT2D eigenvalue weighted by atomic mass is 32.2. The molecular formula is C17H18N4O2S. The quantitative estimate of drug-likeness (QED) is 0.833. The van der Waals surface area contributed by atoms with E-state index in [1.165, 1.54) is 31.0 Å². The topological polar surface area (TPSA) is 91.8 Å². The monoisotopic (exact) mass is 342 g/mol. The molecule has 1 heterocycles. The number of amides is 1. The van der Waals surface area contributed by atoms with Crippen LogP contribution in [0.5, 0.6) is 0 Å². The van der Waals surface area contributed by atoms with E-state index in [1.54, 1.807) is 24.3 Å². The van der Waals surface area contributed by atoms with Crippen LogP contribution < -0.4 is 5.32 Å². The molecule has 6 nitrogen and oxygen atoms in total. The van der Waals surface area contributed by atoms with Crippen molar-refractivity contribution < 1.29 is 9.21 Å². The maximum Gasteiger partial charge on any atom is 0.277 e. The van der Waals surface area contributed by atoms with Crippen molar-refractivity contribution in [2.75, 3.05) is 11.1 Å². The van der Waals surface area contributed by atoms with Crippen molar-refractivity contribution in [3.63, 3.8) is 0 Å². The Labute approximate surface area is 144 Å². The number of carbonyl (C=O) groups excluding carboxylic acids is 1. The SMILES string of the molecule is N#Cc1cccc(NC(=O)CSc2nnc(C3CCCCC3)o2)c1. The number of benzene rings is 1. The second-order valence-corrected chi connectivity index (χ2v) is 6.70. The van der Waals surface area contributed by atoms with Gasteiger partial charge in [0.25, 0.3) is 5.22 Å². The first-order valence-electron chi connectivity index (χ1n) is 8.01. The third-order valence-electron chi connectivity index (χ3n) is 3.98. The van der Waals surface area contributed by atoms with E-state index in [0.717, 1.165) is 12.8 Å². The molecule has 0 radical (unpaired) electrons. The van der Waals surface area contributed by atoms with Crippen molar-refractivity contribution in [1.29, 1.82) is 5.26 Å². The molecule has 0 aliphatic heterocycles. The Morgan fingerprint density at radius 3 is 2.96 bits per heavy atom. The molecule has 1 fully saturated rings. The second-order valence-electron chi connectivity index (χ2n) is 5.77. The average Bonchev–Trinajstić information content (AvgIpc) is 3.10. The van der Waals surface area contributed by atoms with Crippen LogP contribution in [-0.2, 0) is 4.79 Å². The van der Waals surface area contributed by atoms with Gasteiger partial charge in [-0.1, -0.05) is 37.1 Å². The molecule has 1 aliphatic rings. The second kappa shape index (κ2) is 7.97. The molecule has 1 aliphatic carbocycles. The van der Waals surface area contributed by atoms with Gasteiger partial charge in [-0.3, -0.25) is 4.79 Å². The first-order valence-corrected chi connectivity index (χ1v) is 8.99. The van der Waals surface area contributed by atoms with Crippen LogP contribution in [-0.4, -0.2) is 21.9 Å². The van der Waals surface area contributed by atoms with Crippen molar-refractivity contribution in [3.05, 3.63) is 35.7 Å². The minimum atomic E-state index is -0.174. The Morgan fingerprint density at radius 2 is 2.17 bits per heavy atom. The lowest BCUT2D eigenvalue weighted by atomic mass is 9.89. The molecule has 0 spiro atoms. The lowest BCUT2D eigenvalue weighted by Gasteiger charge is -2.17. The molecule has 124 valence electrons. The number of hydrogen-bond acceptors (Lipinski definition) is 6. The zero-order valence-corrected chi connectivity index (χ0v) is 14.0. The smallest absolute Gasteiger partial charge is 0.277 e. The zero-order chi connectivity index (χ0) is 16.8. The summed E-state index contributed by atoms with van der Waals surface area (Å²) in [5.41, 5.74) is 1.11. The number of rotatable bonds is 5. The van der Waals surface area contributed by atoms with Crippen LogP contribution in [0.25, 0.3) is 0 Å². The molecule has 1 aromatic heterocycles. The van der Waals surface area contributed by atoms with E-state index in [4.69, 9.17) is 9.68 Å². The number of hydrogen-bond donors (Lipinski definition) is 1. The van der Waals surface area contributed by atoms with Crippen LogP contribution in [0, 0.1) is 11.3 Å². The van der Waals surface area contributed by atoms with Gasteiger partial charge in [0.2, 0.25) is 11.8 Å². The summed E-state index contributed by atoms with van der Waals surface area (Å²) >= 11 is 1.23. The lowest BCUT2D eigenvalue weighted by molar-refractivity contribution is -0.113. The summed E-state index contributed by atoms with van der Waals surface area (Å²) in [5.74, 6) is 1.07. The van der Waals surface area contributed by atoms with Gasteiger partial charge in [-0.05, 0) is 31.0 Å². The first kappa shape index (κ1) is 16.5. The number of thioether (sulfide) groups is 1. The Morgan fingerprint density at radius 1 is 1.33 bits per heavy atom. The maximum absolute atomic E-state index is 12.0. The van der Waals surface area contributed by atoms with Crippen LogP contribution in [0.2, 0.25) is 0 Å². The van der Waals surface area contributed by atoms with Gasteiger partial charge in [0.05, 0.1) is 17.4 Å². The molecule has 24 heavy (non-hydrogen) atoms. The van der Waals surface area contributed by atoms with E-state index in [0.29, 0.717) is 28.3 Å². The summed E-state index contributed by atoms with van der Waals surface area (Å²) in [6.45, 7) is 0. The van der Waals surface area contributed by atoms with Gasteiger partial charge < -0.3 is 9.73 Å². The summed E-state index contributed by atoms with van der Waals surface area (Å²) in [7, 11) is 0. The first-order chi connectivity index (χ1) is 11.7. The molecule has 0 saturated heterocycles. The Balaban J connectivity index is 1.51. The summed E-state index contributed by atoms with van der Waals surface area (Å²) in [4.78, 5) is 12.0. The van der Waals surface area contributed by atoms with E-state index >= 15 is 0 Å². The molecule has 0 bridgehead atoms. The molecule has 3 rings (SSSR count). The van der Waals surface area contributed by atoms with Gasteiger partial charge in [-0.25, -0.2) is 0 Å². The van der Waals surface area contributed by atoms with Gasteiger partial charge in [0.15, 0.2) is 0 Å². The molecule has 1 aromatic carbocycles. The molecule has 1 N–H and O–H groups in total. The molecule has 1 saturated carbocycles. The van der Waals surface area contributed by atoms with Gasteiger partial charge in [-0.2, -0.15) is 5.26 Å². The number of anilines is 1. The van der Waals surface area contributed by atoms with Crippen molar-refractivity contribution in [2.45, 2.75) is 43.2 Å². The summed E-state index contributed by atoms with van der Waals surface area (Å²) in [6.07, 6.45) is 5.89. The highest BCUT2D eigenvalue weighted by Crippen LogP contribution is 2.32. The highest BCUT2D eigenvalue weighted by Gasteiger charge is 2.21. The van der Waals surface area contributed by atoms with Crippen LogP contribution in [0.4, 0.5) is 5.69 Å². The zero-order valence-electron chi connectivity index (χ0n) is 13.2. The van der Waals surface area contributed by atoms with Gasteiger partial charge in [0.1, 0.15) is 0 Å². The number of nitrogens with one attached hydrogen (secondary N) is 1. The van der Waals surface area contributed by atoms with E-state index in [2.05, 4.69) is 15.5 Å². The maximum atomic E-state index is 12.0. The van der Waals surface area contributed by atoms with Crippen LogP contribution in [0.3, 0.4) is 0 Å². The summed E-state index contributed by atoms with van der Waals surface area (Å²) in [6, 6.07) is 8.85. The fourth-order valence-corrected chi connectivity index (χ4v) is 3.35. The fraction of sp³-hybridized carbons (Fsp3) is 0.412. The normalized spacial score (nSPS) is 15.0. The summed E-state index contributed by atoms with van der Waals surface area (Å²) < 4.78 is 5.68. The molecule has 2 aromatic rings. The standard InChI is InChI=1S/C17H18N4O2S/c18-10-12-5-4-8-14(9-12)19-15(22)11-24-17-21-20-16(23-17)13-6-2-1-3-7-13/h4-5,8-9,13H,1-3,6-7,11H2,(H,19,22). The van der Waals surface area contributed by atoms with E-state index in [9.17, 15) is 4.79 Å². The van der Waals surface area contributed by atoms with Gasteiger partial charge in [0, 0.05) is 11.6 Å². The number of nitriles is 1. The number of carbonyl (C=O) groups is 1. The molecule has 0 atom stereocenters. The van der Waals surface area contributed by atoms with Crippen molar-refractivity contribution in [3.8, 4) is 6.07 Å². The van der Waals surface area contributed by atoms with E-state index in [1.807, 2.05) is 6.07 Å². The van der Waals surface area contributed by atoms with Crippen LogP contribution in [0.15, 0.2) is 33.9 Å². The van der Waals surface area contributed by atoms with Crippen LogP contribution >= 0.6 is 11.8 Å². The Kier molecular flexibility index (Phi) is 5.49. The number of aromatic nitrogens is 2. The summed E-state index contributed by atoms with van der Waals surface area (Å²) in [5, 5.41) is 20.2. The van der Waals surface area contributed by atoms with Gasteiger partial charge >= 0.3 is 0 Å². The van der Waals surface area contributed by atoms with E-state index < -0.39 is 0 Å².